The Labute approximate surface area is 139 Å². The first-order valence-corrected chi connectivity index (χ1v) is 8.40. The molecule has 0 amide bonds. The molecule has 0 bridgehead atoms. The molecular formula is C14H15F3N4O2S. The predicted molar refractivity (Wildman–Crippen MR) is 81.0 cm³/mol. The molecule has 0 atom stereocenters. The monoisotopic (exact) mass is 360 g/mol. The lowest BCUT2D eigenvalue weighted by Crippen LogP contribution is -2.18. The van der Waals surface area contributed by atoms with Crippen molar-refractivity contribution in [1.29, 1.82) is 0 Å². The van der Waals surface area contributed by atoms with Gasteiger partial charge in [-0.05, 0) is 26.2 Å². The van der Waals surface area contributed by atoms with Crippen molar-refractivity contribution in [3.8, 4) is 5.88 Å². The largest absolute Gasteiger partial charge is 0.574 e. The molecule has 2 heterocycles. The third kappa shape index (κ3) is 3.58. The number of ether oxygens (including phenoxy) is 1. The number of aromatic nitrogens is 4. The second-order valence-electron chi connectivity index (χ2n) is 5.27. The normalized spacial score (nSPS) is 14.0. The zero-order valence-electron chi connectivity index (χ0n) is 12.8. The molecule has 0 aromatic carbocycles. The fraction of sp³-hybridized carbons (Fsp3) is 0.500. The summed E-state index contributed by atoms with van der Waals surface area (Å²) in [5.74, 6) is -0.318. The molecule has 3 rings (SSSR count). The molecule has 0 aliphatic heterocycles. The third-order valence-corrected chi connectivity index (χ3v) is 4.61. The maximum absolute atomic E-state index is 12.5. The third-order valence-electron chi connectivity index (χ3n) is 3.73. The first kappa shape index (κ1) is 16.9. The number of alkyl halides is 3. The molecule has 0 saturated carbocycles. The molecular weight excluding hydrogens is 345 g/mol. The van der Waals surface area contributed by atoms with Gasteiger partial charge in [0.05, 0.1) is 17.7 Å². The molecule has 2 aromatic rings. The van der Waals surface area contributed by atoms with E-state index in [1.165, 1.54) is 6.33 Å². The number of aromatic amines is 1. The van der Waals surface area contributed by atoms with Crippen molar-refractivity contribution in [1.82, 2.24) is 19.5 Å². The zero-order valence-corrected chi connectivity index (χ0v) is 13.6. The summed E-state index contributed by atoms with van der Waals surface area (Å²) in [6.45, 7) is 2.25. The summed E-state index contributed by atoms with van der Waals surface area (Å²) in [6, 6.07) is 0. The van der Waals surface area contributed by atoms with E-state index in [0.717, 1.165) is 36.7 Å². The Balaban J connectivity index is 1.81. The van der Waals surface area contributed by atoms with E-state index in [-0.39, 0.29) is 11.3 Å². The highest BCUT2D eigenvalue weighted by Gasteiger charge is 2.33. The van der Waals surface area contributed by atoms with Crippen LogP contribution < -0.4 is 10.3 Å². The standard InChI is InChI=1S/C14H15F3N4O2S/c1-2-21-7-18-12(23-14(15,16)17)10(21)6-24-13-19-9-5-3-4-8(9)11(22)20-13/h7H,2-6H2,1H3,(H,19,20,22). The molecule has 1 N–H and O–H groups in total. The number of aryl methyl sites for hydroxylation is 2. The van der Waals surface area contributed by atoms with Gasteiger partial charge in [0, 0.05) is 17.9 Å². The Bertz CT molecular complexity index is 800. The number of hydrogen-bond donors (Lipinski definition) is 1. The molecule has 2 aromatic heterocycles. The molecule has 0 spiro atoms. The maximum atomic E-state index is 12.5. The summed E-state index contributed by atoms with van der Waals surface area (Å²) in [5, 5.41) is 0.391. The Hall–Kier alpha value is -1.97. The molecule has 130 valence electrons. The second-order valence-corrected chi connectivity index (χ2v) is 6.23. The Morgan fingerprint density at radius 2 is 2.21 bits per heavy atom. The van der Waals surface area contributed by atoms with Crippen LogP contribution in [0, 0.1) is 0 Å². The molecule has 0 radical (unpaired) electrons. The van der Waals surface area contributed by atoms with E-state index < -0.39 is 12.2 Å². The lowest BCUT2D eigenvalue weighted by Gasteiger charge is -2.10. The zero-order chi connectivity index (χ0) is 17.3. The highest BCUT2D eigenvalue weighted by atomic mass is 32.2. The number of hydrogen-bond acceptors (Lipinski definition) is 5. The summed E-state index contributed by atoms with van der Waals surface area (Å²) in [7, 11) is 0. The summed E-state index contributed by atoms with van der Waals surface area (Å²) < 4.78 is 42.9. The second kappa shape index (κ2) is 6.50. The predicted octanol–water partition coefficient (Wildman–Crippen LogP) is 2.67. The molecule has 0 unspecified atom stereocenters. The lowest BCUT2D eigenvalue weighted by molar-refractivity contribution is -0.276. The molecule has 1 aliphatic rings. The van der Waals surface area contributed by atoms with Gasteiger partial charge in [0.1, 0.15) is 0 Å². The maximum Gasteiger partial charge on any atom is 0.574 e. The molecule has 24 heavy (non-hydrogen) atoms. The van der Waals surface area contributed by atoms with Crippen LogP contribution in [0.5, 0.6) is 5.88 Å². The summed E-state index contributed by atoms with van der Waals surface area (Å²) in [4.78, 5) is 22.7. The van der Waals surface area contributed by atoms with Crippen LogP contribution in [0.25, 0.3) is 0 Å². The van der Waals surface area contributed by atoms with Gasteiger partial charge in [-0.25, -0.2) is 9.97 Å². The SMILES string of the molecule is CCn1cnc(OC(F)(F)F)c1CSc1nc2c(c(=O)[nH]1)CCC2. The smallest absolute Gasteiger partial charge is 0.386 e. The van der Waals surface area contributed by atoms with Gasteiger partial charge in [-0.15, -0.1) is 13.2 Å². The number of halogens is 3. The van der Waals surface area contributed by atoms with Crippen molar-refractivity contribution in [3.05, 3.63) is 33.6 Å². The van der Waals surface area contributed by atoms with Gasteiger partial charge in [0.25, 0.3) is 5.56 Å². The lowest BCUT2D eigenvalue weighted by atomic mass is 10.3. The van der Waals surface area contributed by atoms with Gasteiger partial charge in [0.15, 0.2) is 5.16 Å². The van der Waals surface area contributed by atoms with Crippen LogP contribution in [-0.4, -0.2) is 25.9 Å². The van der Waals surface area contributed by atoms with Gasteiger partial charge in [-0.1, -0.05) is 11.8 Å². The van der Waals surface area contributed by atoms with Crippen LogP contribution in [0.15, 0.2) is 16.3 Å². The van der Waals surface area contributed by atoms with Crippen LogP contribution >= 0.6 is 11.8 Å². The molecule has 6 nitrogen and oxygen atoms in total. The van der Waals surface area contributed by atoms with Crippen LogP contribution in [-0.2, 0) is 25.1 Å². The van der Waals surface area contributed by atoms with E-state index in [1.54, 1.807) is 11.5 Å². The van der Waals surface area contributed by atoms with E-state index >= 15 is 0 Å². The van der Waals surface area contributed by atoms with Crippen LogP contribution in [0.3, 0.4) is 0 Å². The van der Waals surface area contributed by atoms with Crippen LogP contribution in [0.2, 0.25) is 0 Å². The molecule has 10 heteroatoms. The van der Waals surface area contributed by atoms with E-state index in [2.05, 4.69) is 19.7 Å². The number of nitrogens with one attached hydrogen (secondary N) is 1. The van der Waals surface area contributed by atoms with E-state index in [9.17, 15) is 18.0 Å². The van der Waals surface area contributed by atoms with Crippen molar-refractivity contribution in [2.75, 3.05) is 0 Å². The first-order valence-electron chi connectivity index (χ1n) is 7.42. The van der Waals surface area contributed by atoms with Crippen LogP contribution in [0.4, 0.5) is 13.2 Å². The average molecular weight is 360 g/mol. The van der Waals surface area contributed by atoms with E-state index in [4.69, 9.17) is 0 Å². The Morgan fingerprint density at radius 3 is 2.92 bits per heavy atom. The van der Waals surface area contributed by atoms with Crippen molar-refractivity contribution in [3.63, 3.8) is 0 Å². The van der Waals surface area contributed by atoms with Crippen molar-refractivity contribution < 1.29 is 17.9 Å². The Morgan fingerprint density at radius 1 is 1.42 bits per heavy atom. The Kier molecular flexibility index (Phi) is 4.57. The number of H-pyrrole nitrogens is 1. The van der Waals surface area contributed by atoms with E-state index in [1.807, 2.05) is 0 Å². The number of rotatable bonds is 5. The summed E-state index contributed by atoms with van der Waals surface area (Å²) in [5.41, 5.74) is 1.61. The van der Waals surface area contributed by atoms with Gasteiger partial charge in [-0.3, -0.25) is 4.79 Å². The van der Waals surface area contributed by atoms with Crippen LogP contribution in [0.1, 0.15) is 30.3 Å². The molecule has 0 fully saturated rings. The van der Waals surface area contributed by atoms with Crippen molar-refractivity contribution >= 4 is 11.8 Å². The van der Waals surface area contributed by atoms with E-state index in [0.29, 0.717) is 23.0 Å². The fourth-order valence-corrected chi connectivity index (χ4v) is 3.53. The fourth-order valence-electron chi connectivity index (χ4n) is 2.63. The highest BCUT2D eigenvalue weighted by molar-refractivity contribution is 7.98. The number of thioether (sulfide) groups is 1. The molecule has 0 saturated heterocycles. The van der Waals surface area contributed by atoms with Gasteiger partial charge in [-0.2, -0.15) is 0 Å². The molecule has 1 aliphatic carbocycles. The van der Waals surface area contributed by atoms with Gasteiger partial charge < -0.3 is 14.3 Å². The highest BCUT2D eigenvalue weighted by Crippen LogP contribution is 2.30. The van der Waals surface area contributed by atoms with Gasteiger partial charge in [0.2, 0.25) is 5.88 Å². The van der Waals surface area contributed by atoms with Crippen molar-refractivity contribution in [2.24, 2.45) is 0 Å². The van der Waals surface area contributed by atoms with Crippen molar-refractivity contribution in [2.45, 2.75) is 50.0 Å². The number of imidazole rings is 1. The number of nitrogens with zero attached hydrogens (tertiary/aromatic N) is 3. The summed E-state index contributed by atoms with van der Waals surface area (Å²) in [6.07, 6.45) is -1.13. The minimum atomic E-state index is -4.80. The quantitative estimate of drug-likeness (QED) is 0.656. The average Bonchev–Trinajstić information content (AvgIpc) is 3.10. The summed E-state index contributed by atoms with van der Waals surface area (Å²) >= 11 is 1.15. The minimum absolute atomic E-state index is 0.154. The number of fused-ring (bicyclic) bond motifs is 1. The minimum Gasteiger partial charge on any atom is -0.386 e. The topological polar surface area (TPSA) is 72.8 Å². The first-order chi connectivity index (χ1) is 11.4. The van der Waals surface area contributed by atoms with Gasteiger partial charge >= 0.3 is 6.36 Å².